The minimum atomic E-state index is -0.177. The first-order valence-corrected chi connectivity index (χ1v) is 10.3. The molecule has 1 aromatic heterocycles. The molecule has 0 fully saturated rings. The van der Waals surface area contributed by atoms with Gasteiger partial charge in [-0.1, -0.05) is 29.8 Å². The van der Waals surface area contributed by atoms with Crippen LogP contribution < -0.4 is 10.1 Å². The van der Waals surface area contributed by atoms with Gasteiger partial charge in [-0.3, -0.25) is 4.79 Å². The Bertz CT molecular complexity index is 1000. The monoisotopic (exact) mass is 409 g/mol. The van der Waals surface area contributed by atoms with Crippen molar-refractivity contribution >= 4 is 17.5 Å². The van der Waals surface area contributed by atoms with Crippen molar-refractivity contribution in [1.82, 2.24) is 15.1 Å². The summed E-state index contributed by atoms with van der Waals surface area (Å²) in [4.78, 5) is 12.5. The fourth-order valence-electron chi connectivity index (χ4n) is 3.62. The number of carbonyl (C=O) groups excluding carboxylic acids is 1. The summed E-state index contributed by atoms with van der Waals surface area (Å²) in [5.41, 5.74) is 4.27. The van der Waals surface area contributed by atoms with E-state index in [9.17, 15) is 4.79 Å². The first kappa shape index (κ1) is 19.5. The third kappa shape index (κ3) is 4.62. The van der Waals surface area contributed by atoms with Gasteiger partial charge in [0.25, 0.3) is 0 Å². The summed E-state index contributed by atoms with van der Waals surface area (Å²) in [7, 11) is 0. The molecule has 3 aromatic rings. The molecule has 1 unspecified atom stereocenters. The van der Waals surface area contributed by atoms with Crippen LogP contribution in [-0.2, 0) is 17.6 Å². The minimum absolute atomic E-state index is 0.0346. The molecule has 0 spiro atoms. The first-order valence-electron chi connectivity index (χ1n) is 9.89. The Labute approximate surface area is 175 Å². The fourth-order valence-corrected chi connectivity index (χ4v) is 3.82. The number of carbonyl (C=O) groups is 1. The summed E-state index contributed by atoms with van der Waals surface area (Å²) in [6.45, 7) is 3.06. The fraction of sp³-hybridized carbons (Fsp3) is 0.304. The minimum Gasteiger partial charge on any atom is -0.492 e. The normalized spacial score (nSPS) is 15.4. The summed E-state index contributed by atoms with van der Waals surface area (Å²) in [6, 6.07) is 15.6. The number of para-hydroxylation sites is 1. The smallest absolute Gasteiger partial charge is 0.226 e. The quantitative estimate of drug-likeness (QED) is 0.622. The summed E-state index contributed by atoms with van der Waals surface area (Å²) in [5, 5.41) is 8.31. The molecule has 1 N–H and O–H groups in total. The van der Waals surface area contributed by atoms with Crippen LogP contribution in [0, 0.1) is 12.8 Å². The number of hydrogen-bond donors (Lipinski definition) is 1. The molecule has 1 aliphatic rings. The maximum atomic E-state index is 12.5. The maximum absolute atomic E-state index is 12.5. The van der Waals surface area contributed by atoms with Crippen LogP contribution in [0.2, 0.25) is 5.02 Å². The van der Waals surface area contributed by atoms with E-state index in [1.165, 1.54) is 5.56 Å². The van der Waals surface area contributed by atoms with Gasteiger partial charge >= 0.3 is 0 Å². The van der Waals surface area contributed by atoms with E-state index in [1.54, 1.807) is 0 Å². The second-order valence-corrected chi connectivity index (χ2v) is 7.81. The molecule has 0 aliphatic carbocycles. The number of aromatic nitrogens is 2. The van der Waals surface area contributed by atoms with E-state index in [2.05, 4.69) is 16.6 Å². The van der Waals surface area contributed by atoms with Crippen molar-refractivity contribution in [3.63, 3.8) is 0 Å². The van der Waals surface area contributed by atoms with E-state index in [1.807, 2.05) is 60.1 Å². The van der Waals surface area contributed by atoms with Crippen LogP contribution in [0.4, 0.5) is 0 Å². The van der Waals surface area contributed by atoms with Gasteiger partial charge in [0.2, 0.25) is 5.91 Å². The van der Waals surface area contributed by atoms with E-state index >= 15 is 0 Å². The number of benzene rings is 2. The predicted octanol–water partition coefficient (Wildman–Crippen LogP) is 4.13. The zero-order valence-corrected chi connectivity index (χ0v) is 17.2. The molecular formula is C23H24ClN3O2. The molecule has 1 atom stereocenters. The zero-order valence-electron chi connectivity index (χ0n) is 16.4. The molecule has 29 heavy (non-hydrogen) atoms. The van der Waals surface area contributed by atoms with Crippen molar-refractivity contribution in [2.75, 3.05) is 13.2 Å². The van der Waals surface area contributed by atoms with Crippen molar-refractivity contribution in [3.8, 4) is 11.4 Å². The number of amides is 1. The van der Waals surface area contributed by atoms with Crippen molar-refractivity contribution in [2.24, 2.45) is 5.92 Å². The van der Waals surface area contributed by atoms with Crippen LogP contribution in [0.15, 0.2) is 54.7 Å². The number of ether oxygens (including phenoxy) is 1. The van der Waals surface area contributed by atoms with E-state index in [-0.39, 0.29) is 11.8 Å². The van der Waals surface area contributed by atoms with Gasteiger partial charge in [-0.05, 0) is 67.6 Å². The molecule has 0 saturated heterocycles. The third-order valence-corrected chi connectivity index (χ3v) is 5.48. The van der Waals surface area contributed by atoms with Crippen LogP contribution in [0.25, 0.3) is 5.69 Å². The Morgan fingerprint density at radius 3 is 2.93 bits per heavy atom. The average molecular weight is 410 g/mol. The molecule has 1 aliphatic heterocycles. The van der Waals surface area contributed by atoms with Crippen molar-refractivity contribution < 1.29 is 9.53 Å². The number of rotatable bonds is 6. The molecule has 6 heteroatoms. The highest BCUT2D eigenvalue weighted by Gasteiger charge is 2.25. The number of fused-ring (bicyclic) bond motifs is 1. The number of nitrogens with zero attached hydrogens (tertiary/aromatic N) is 2. The van der Waals surface area contributed by atoms with Crippen LogP contribution in [-0.4, -0.2) is 28.8 Å². The van der Waals surface area contributed by atoms with E-state index in [0.717, 1.165) is 35.5 Å². The van der Waals surface area contributed by atoms with Gasteiger partial charge in [0, 0.05) is 17.8 Å². The van der Waals surface area contributed by atoms with Crippen LogP contribution in [0.3, 0.4) is 0 Å². The van der Waals surface area contributed by atoms with Crippen molar-refractivity contribution in [2.45, 2.75) is 26.2 Å². The molecule has 2 heterocycles. The molecule has 4 rings (SSSR count). The lowest BCUT2D eigenvalue weighted by atomic mass is 9.96. The van der Waals surface area contributed by atoms with Gasteiger partial charge in [-0.15, -0.1) is 0 Å². The van der Waals surface area contributed by atoms with Crippen LogP contribution in [0.1, 0.15) is 23.2 Å². The lowest BCUT2D eigenvalue weighted by Gasteiger charge is -2.24. The Balaban J connectivity index is 1.27. The highest BCUT2D eigenvalue weighted by Crippen LogP contribution is 2.29. The molecule has 150 valence electrons. The van der Waals surface area contributed by atoms with Gasteiger partial charge < -0.3 is 10.1 Å². The maximum Gasteiger partial charge on any atom is 0.226 e. The highest BCUT2D eigenvalue weighted by atomic mass is 35.5. The number of aryl methyl sites for hydroxylation is 2. The molecule has 0 radical (unpaired) electrons. The van der Waals surface area contributed by atoms with Crippen molar-refractivity contribution in [3.05, 3.63) is 76.6 Å². The number of nitrogens with one attached hydrogen (secondary N) is 1. The first-order chi connectivity index (χ1) is 14.1. The van der Waals surface area contributed by atoms with E-state index in [4.69, 9.17) is 16.3 Å². The van der Waals surface area contributed by atoms with Crippen LogP contribution >= 0.6 is 11.6 Å². The number of halogens is 1. The Hall–Kier alpha value is -2.79. The average Bonchev–Trinajstić information content (AvgIpc) is 3.11. The zero-order chi connectivity index (χ0) is 20.2. The topological polar surface area (TPSA) is 56.2 Å². The standard InChI is InChI=1S/C23H24ClN3O2/c1-16-17(14-27(26-16)21-7-3-2-4-8-21)6-5-11-25-23(28)19-12-18-13-20(24)9-10-22(18)29-15-19/h2-4,7-10,13-14,19H,5-6,11-12,15H2,1H3,(H,25,28). The van der Waals surface area contributed by atoms with Gasteiger partial charge in [-0.2, -0.15) is 5.10 Å². The SMILES string of the molecule is Cc1nn(-c2ccccc2)cc1CCCNC(=O)C1COc2ccc(Cl)cc2C1. The van der Waals surface area contributed by atoms with Gasteiger partial charge in [-0.25, -0.2) is 4.68 Å². The van der Waals surface area contributed by atoms with E-state index < -0.39 is 0 Å². The van der Waals surface area contributed by atoms with Gasteiger partial charge in [0.1, 0.15) is 12.4 Å². The molecule has 2 aromatic carbocycles. The lowest BCUT2D eigenvalue weighted by Crippen LogP contribution is -2.37. The van der Waals surface area contributed by atoms with Crippen molar-refractivity contribution in [1.29, 1.82) is 0 Å². The van der Waals surface area contributed by atoms with Crippen LogP contribution in [0.5, 0.6) is 5.75 Å². The number of hydrogen-bond acceptors (Lipinski definition) is 3. The third-order valence-electron chi connectivity index (χ3n) is 5.24. The Morgan fingerprint density at radius 1 is 1.28 bits per heavy atom. The largest absolute Gasteiger partial charge is 0.492 e. The summed E-state index contributed by atoms with van der Waals surface area (Å²) in [5.74, 6) is 0.681. The molecular weight excluding hydrogens is 386 g/mol. The van der Waals surface area contributed by atoms with Gasteiger partial charge in [0.15, 0.2) is 0 Å². The Kier molecular flexibility index (Phi) is 5.86. The molecule has 0 bridgehead atoms. The highest BCUT2D eigenvalue weighted by molar-refractivity contribution is 6.30. The second kappa shape index (κ2) is 8.70. The summed E-state index contributed by atoms with van der Waals surface area (Å²) >= 11 is 6.06. The molecule has 5 nitrogen and oxygen atoms in total. The second-order valence-electron chi connectivity index (χ2n) is 7.38. The predicted molar refractivity (Wildman–Crippen MR) is 114 cm³/mol. The summed E-state index contributed by atoms with van der Waals surface area (Å²) in [6.07, 6.45) is 4.47. The summed E-state index contributed by atoms with van der Waals surface area (Å²) < 4.78 is 7.63. The van der Waals surface area contributed by atoms with Gasteiger partial charge in [0.05, 0.1) is 17.3 Å². The molecule has 0 saturated carbocycles. The lowest BCUT2D eigenvalue weighted by molar-refractivity contribution is -0.126. The van der Waals surface area contributed by atoms with E-state index in [0.29, 0.717) is 24.6 Å². The Morgan fingerprint density at radius 2 is 2.10 bits per heavy atom. The molecule has 1 amide bonds.